The van der Waals surface area contributed by atoms with Gasteiger partial charge in [0.15, 0.2) is 0 Å². The molecule has 6 nitrogen and oxygen atoms in total. The molecule has 0 spiro atoms. The van der Waals surface area contributed by atoms with Gasteiger partial charge in [-0.15, -0.1) is 0 Å². The van der Waals surface area contributed by atoms with E-state index in [4.69, 9.17) is 19.5 Å². The molecule has 6 heteroatoms. The second-order valence-electron chi connectivity index (χ2n) is 6.15. The number of carbonyl (C=O) groups is 2. The van der Waals surface area contributed by atoms with Gasteiger partial charge in [0, 0.05) is 6.92 Å². The Labute approximate surface area is 164 Å². The lowest BCUT2D eigenvalue weighted by molar-refractivity contribution is -0.141. The normalized spacial score (nSPS) is 10.0. The molecular formula is C22H23NO5. The summed E-state index contributed by atoms with van der Waals surface area (Å²) in [6.07, 6.45) is 3.74. The van der Waals surface area contributed by atoms with Crippen LogP contribution in [-0.2, 0) is 9.53 Å². The molecule has 0 saturated carbocycles. The van der Waals surface area contributed by atoms with Gasteiger partial charge in [-0.2, -0.15) is 5.26 Å². The van der Waals surface area contributed by atoms with E-state index in [0.29, 0.717) is 35.8 Å². The Morgan fingerprint density at radius 2 is 1.46 bits per heavy atom. The van der Waals surface area contributed by atoms with Crippen molar-refractivity contribution in [2.24, 2.45) is 0 Å². The number of nitrogens with zero attached hydrogens (tertiary/aromatic N) is 1. The van der Waals surface area contributed by atoms with Crippen LogP contribution in [0.2, 0.25) is 0 Å². The van der Waals surface area contributed by atoms with Crippen molar-refractivity contribution in [3.05, 3.63) is 59.7 Å². The third-order valence-corrected chi connectivity index (χ3v) is 3.90. The van der Waals surface area contributed by atoms with Gasteiger partial charge in [0.25, 0.3) is 0 Å². The highest BCUT2D eigenvalue weighted by molar-refractivity contribution is 5.91. The van der Waals surface area contributed by atoms with Crippen LogP contribution in [0.5, 0.6) is 11.5 Å². The van der Waals surface area contributed by atoms with Gasteiger partial charge in [-0.1, -0.05) is 0 Å². The molecule has 0 N–H and O–H groups in total. The number of hydrogen-bond acceptors (Lipinski definition) is 6. The van der Waals surface area contributed by atoms with Crippen molar-refractivity contribution in [2.75, 3.05) is 13.2 Å². The lowest BCUT2D eigenvalue weighted by atomic mass is 10.2. The fraction of sp³-hybridized carbons (Fsp3) is 0.318. The zero-order valence-corrected chi connectivity index (χ0v) is 15.8. The van der Waals surface area contributed by atoms with Crippen molar-refractivity contribution < 1.29 is 23.8 Å². The van der Waals surface area contributed by atoms with Crippen LogP contribution in [0.1, 0.15) is 48.5 Å². The fourth-order valence-electron chi connectivity index (χ4n) is 2.41. The topological polar surface area (TPSA) is 85.6 Å². The Bertz CT molecular complexity index is 806. The van der Waals surface area contributed by atoms with Gasteiger partial charge in [-0.3, -0.25) is 4.79 Å². The molecular weight excluding hydrogens is 358 g/mol. The fourth-order valence-corrected chi connectivity index (χ4v) is 2.41. The minimum Gasteiger partial charge on any atom is -0.494 e. The molecule has 0 aromatic heterocycles. The monoisotopic (exact) mass is 381 g/mol. The van der Waals surface area contributed by atoms with E-state index < -0.39 is 5.97 Å². The minimum atomic E-state index is -0.468. The molecule has 2 aromatic rings. The predicted molar refractivity (Wildman–Crippen MR) is 103 cm³/mol. The van der Waals surface area contributed by atoms with Crippen molar-refractivity contribution in [3.8, 4) is 17.6 Å². The first-order chi connectivity index (χ1) is 13.6. The van der Waals surface area contributed by atoms with Crippen LogP contribution in [-0.4, -0.2) is 25.2 Å². The summed E-state index contributed by atoms with van der Waals surface area (Å²) in [7, 11) is 0. The minimum absolute atomic E-state index is 0.243. The van der Waals surface area contributed by atoms with E-state index in [2.05, 4.69) is 0 Å². The summed E-state index contributed by atoms with van der Waals surface area (Å²) >= 11 is 0. The molecule has 0 amide bonds. The van der Waals surface area contributed by atoms with Gasteiger partial charge >= 0.3 is 11.9 Å². The Morgan fingerprint density at radius 3 is 2.07 bits per heavy atom. The number of unbranched alkanes of at least 4 members (excludes halogenated alkanes) is 3. The van der Waals surface area contributed by atoms with Crippen molar-refractivity contribution in [3.63, 3.8) is 0 Å². The summed E-state index contributed by atoms with van der Waals surface area (Å²) < 4.78 is 15.8. The zero-order chi connectivity index (χ0) is 20.2. The lowest BCUT2D eigenvalue weighted by Gasteiger charge is -2.08. The van der Waals surface area contributed by atoms with Crippen molar-refractivity contribution >= 4 is 11.9 Å². The predicted octanol–water partition coefficient (Wildman–Crippen LogP) is 4.28. The summed E-state index contributed by atoms with van der Waals surface area (Å²) in [5.41, 5.74) is 0.924. The number of ether oxygens (including phenoxy) is 3. The Kier molecular flexibility index (Phi) is 8.54. The molecule has 0 fully saturated rings. The quantitative estimate of drug-likeness (QED) is 0.347. The number of esters is 2. The second-order valence-corrected chi connectivity index (χ2v) is 6.15. The van der Waals surface area contributed by atoms with E-state index in [1.807, 2.05) is 6.07 Å². The molecule has 0 heterocycles. The molecule has 0 radical (unpaired) electrons. The molecule has 0 atom stereocenters. The van der Waals surface area contributed by atoms with E-state index in [-0.39, 0.29) is 5.97 Å². The Hall–Kier alpha value is -3.33. The number of hydrogen-bond donors (Lipinski definition) is 0. The molecule has 0 unspecified atom stereocenters. The molecule has 0 aliphatic heterocycles. The highest BCUT2D eigenvalue weighted by atomic mass is 16.5. The summed E-state index contributed by atoms with van der Waals surface area (Å²) in [4.78, 5) is 22.8. The van der Waals surface area contributed by atoms with Gasteiger partial charge in [0.05, 0.1) is 30.4 Å². The smallest absolute Gasteiger partial charge is 0.343 e. The molecule has 2 aromatic carbocycles. The van der Waals surface area contributed by atoms with Crippen molar-refractivity contribution in [1.82, 2.24) is 0 Å². The van der Waals surface area contributed by atoms with Crippen LogP contribution < -0.4 is 9.47 Å². The van der Waals surface area contributed by atoms with E-state index >= 15 is 0 Å². The largest absolute Gasteiger partial charge is 0.494 e. The van der Waals surface area contributed by atoms with E-state index in [9.17, 15) is 9.59 Å². The molecule has 0 saturated heterocycles. The molecule has 0 aliphatic rings. The van der Waals surface area contributed by atoms with Gasteiger partial charge < -0.3 is 14.2 Å². The molecule has 0 aliphatic carbocycles. The molecule has 2 rings (SSSR count). The highest BCUT2D eigenvalue weighted by Crippen LogP contribution is 2.17. The first-order valence-electron chi connectivity index (χ1n) is 9.17. The Balaban J connectivity index is 1.68. The van der Waals surface area contributed by atoms with Crippen LogP contribution >= 0.6 is 0 Å². The lowest BCUT2D eigenvalue weighted by Crippen LogP contribution is -2.08. The maximum Gasteiger partial charge on any atom is 0.343 e. The van der Waals surface area contributed by atoms with E-state index in [1.165, 1.54) is 6.92 Å². The van der Waals surface area contributed by atoms with Crippen LogP contribution in [0, 0.1) is 11.3 Å². The number of carbonyl (C=O) groups excluding carboxylic acids is 2. The third kappa shape index (κ3) is 7.50. The molecule has 0 bridgehead atoms. The average Bonchev–Trinajstić information content (AvgIpc) is 2.70. The number of nitriles is 1. The van der Waals surface area contributed by atoms with E-state index in [0.717, 1.165) is 25.7 Å². The third-order valence-electron chi connectivity index (χ3n) is 3.90. The summed E-state index contributed by atoms with van der Waals surface area (Å²) in [5, 5.41) is 8.77. The van der Waals surface area contributed by atoms with Crippen LogP contribution in [0.25, 0.3) is 0 Å². The van der Waals surface area contributed by atoms with Gasteiger partial charge in [-0.05, 0) is 74.2 Å². The van der Waals surface area contributed by atoms with Gasteiger partial charge in [0.1, 0.15) is 11.5 Å². The zero-order valence-electron chi connectivity index (χ0n) is 15.8. The van der Waals surface area contributed by atoms with Crippen LogP contribution in [0.3, 0.4) is 0 Å². The summed E-state index contributed by atoms with van der Waals surface area (Å²) in [6, 6.07) is 15.1. The summed E-state index contributed by atoms with van der Waals surface area (Å²) in [6.45, 7) is 2.46. The molecule has 28 heavy (non-hydrogen) atoms. The van der Waals surface area contributed by atoms with Crippen molar-refractivity contribution in [1.29, 1.82) is 5.26 Å². The van der Waals surface area contributed by atoms with Crippen LogP contribution in [0.4, 0.5) is 0 Å². The van der Waals surface area contributed by atoms with Gasteiger partial charge in [-0.25, -0.2) is 4.79 Å². The van der Waals surface area contributed by atoms with Crippen molar-refractivity contribution in [2.45, 2.75) is 32.6 Å². The summed E-state index contributed by atoms with van der Waals surface area (Å²) in [5.74, 6) is 0.365. The first kappa shape index (κ1) is 21.0. The second kappa shape index (κ2) is 11.4. The maximum absolute atomic E-state index is 12.1. The highest BCUT2D eigenvalue weighted by Gasteiger charge is 2.09. The molecule has 146 valence electrons. The van der Waals surface area contributed by atoms with E-state index in [1.54, 1.807) is 48.5 Å². The average molecular weight is 381 g/mol. The SMILES string of the molecule is CC(=O)OCCCCCCOc1ccc(C(=O)Oc2ccc(C#N)cc2)cc1. The standard InChI is InChI=1S/C22H23NO5/c1-17(24)26-14-4-2-3-5-15-27-20-12-8-19(9-13-20)22(25)28-21-10-6-18(16-23)7-11-21/h6-13H,2-5,14-15H2,1H3. The van der Waals surface area contributed by atoms with Gasteiger partial charge in [0.2, 0.25) is 0 Å². The van der Waals surface area contributed by atoms with Crippen LogP contribution in [0.15, 0.2) is 48.5 Å². The number of benzene rings is 2. The Morgan fingerprint density at radius 1 is 0.857 bits per heavy atom. The number of rotatable bonds is 10. The first-order valence-corrected chi connectivity index (χ1v) is 9.17. The maximum atomic E-state index is 12.1.